The van der Waals surface area contributed by atoms with Crippen LogP contribution in [0.25, 0.3) is 6.08 Å². The van der Waals surface area contributed by atoms with Crippen LogP contribution in [0.3, 0.4) is 0 Å². The second kappa shape index (κ2) is 8.63. The highest BCUT2D eigenvalue weighted by Crippen LogP contribution is 2.32. The number of amides is 2. The molecule has 0 bridgehead atoms. The Bertz CT molecular complexity index is 978. The number of pyridine rings is 1. The highest BCUT2D eigenvalue weighted by molar-refractivity contribution is 8.26. The van der Waals surface area contributed by atoms with E-state index in [1.165, 1.54) is 12.4 Å². The van der Waals surface area contributed by atoms with Crippen molar-refractivity contribution in [2.24, 2.45) is 0 Å². The molecule has 1 aromatic carbocycles. The zero-order valence-corrected chi connectivity index (χ0v) is 15.8. The third kappa shape index (κ3) is 4.72. The minimum Gasteiger partial charge on any atom is -0.482 e. The summed E-state index contributed by atoms with van der Waals surface area (Å²) in [5.74, 6) is -1.70. The molecule has 0 saturated carbocycles. The summed E-state index contributed by atoms with van der Waals surface area (Å²) < 4.78 is 5.31. The summed E-state index contributed by atoms with van der Waals surface area (Å²) in [5, 5.41) is 9.68. The highest BCUT2D eigenvalue weighted by Gasteiger charge is 2.33. The van der Waals surface area contributed by atoms with Gasteiger partial charge in [-0.25, -0.2) is 4.79 Å². The van der Waals surface area contributed by atoms with Crippen LogP contribution in [-0.4, -0.2) is 43.8 Å². The quantitative estimate of drug-likeness (QED) is 0.545. The van der Waals surface area contributed by atoms with E-state index in [9.17, 15) is 14.4 Å². The molecule has 142 valence electrons. The molecule has 8 nitrogen and oxygen atoms in total. The molecule has 1 aliphatic rings. The van der Waals surface area contributed by atoms with Crippen LogP contribution in [0.5, 0.6) is 5.75 Å². The van der Waals surface area contributed by atoms with Gasteiger partial charge in [0.2, 0.25) is 0 Å². The number of thioether (sulfide) groups is 1. The predicted molar refractivity (Wildman–Crippen MR) is 106 cm³/mol. The van der Waals surface area contributed by atoms with Crippen LogP contribution < -0.4 is 10.2 Å². The van der Waals surface area contributed by atoms with Crippen molar-refractivity contribution in [1.29, 1.82) is 0 Å². The molecule has 1 saturated heterocycles. The maximum atomic E-state index is 12.6. The molecule has 0 aliphatic carbocycles. The van der Waals surface area contributed by atoms with Gasteiger partial charge in [-0.15, -0.1) is 0 Å². The number of thiocarbonyl (C=S) groups is 1. The third-order valence-corrected chi connectivity index (χ3v) is 4.75. The summed E-state index contributed by atoms with van der Waals surface area (Å²) >= 11 is 6.22. The van der Waals surface area contributed by atoms with E-state index in [2.05, 4.69) is 10.4 Å². The molecule has 0 atom stereocenters. The number of carboxylic acids is 1. The van der Waals surface area contributed by atoms with E-state index in [1.807, 2.05) is 0 Å². The van der Waals surface area contributed by atoms with Gasteiger partial charge in [0.1, 0.15) is 5.75 Å². The average molecular weight is 415 g/mol. The van der Waals surface area contributed by atoms with Crippen LogP contribution >= 0.6 is 24.0 Å². The second-order valence-electron chi connectivity index (χ2n) is 5.45. The number of aliphatic carboxylic acids is 1. The van der Waals surface area contributed by atoms with Crippen molar-refractivity contribution in [2.75, 3.05) is 6.61 Å². The summed E-state index contributed by atoms with van der Waals surface area (Å²) in [7, 11) is 0. The number of carboxylic acid groups (broad SMARTS) is 1. The van der Waals surface area contributed by atoms with Crippen LogP contribution in [0.15, 0.2) is 53.7 Å². The molecule has 3 rings (SSSR count). The first-order valence-electron chi connectivity index (χ1n) is 7.87. The Morgan fingerprint density at radius 1 is 1.32 bits per heavy atom. The van der Waals surface area contributed by atoms with Crippen LogP contribution in [0.2, 0.25) is 0 Å². The SMILES string of the molecule is O=C(O)COc1cccc(/C=C2/SC(=S)N(NC(=O)c3cccnc3)C2=O)c1. The van der Waals surface area contributed by atoms with Gasteiger partial charge < -0.3 is 9.84 Å². The van der Waals surface area contributed by atoms with E-state index in [0.29, 0.717) is 21.8 Å². The average Bonchev–Trinajstić information content (AvgIpc) is 2.94. The Balaban J connectivity index is 1.73. The maximum Gasteiger partial charge on any atom is 0.341 e. The normalized spacial score (nSPS) is 15.0. The molecule has 0 unspecified atom stereocenters. The largest absolute Gasteiger partial charge is 0.482 e. The lowest BCUT2D eigenvalue weighted by Crippen LogP contribution is -2.44. The van der Waals surface area contributed by atoms with E-state index in [0.717, 1.165) is 16.8 Å². The van der Waals surface area contributed by atoms with Gasteiger partial charge in [0.15, 0.2) is 10.9 Å². The van der Waals surface area contributed by atoms with E-state index < -0.39 is 24.4 Å². The monoisotopic (exact) mass is 415 g/mol. The van der Waals surface area contributed by atoms with Crippen LogP contribution in [0.4, 0.5) is 0 Å². The second-order valence-corrected chi connectivity index (χ2v) is 7.13. The summed E-state index contributed by atoms with van der Waals surface area (Å²) in [5.41, 5.74) is 3.39. The van der Waals surface area contributed by atoms with Crippen molar-refractivity contribution in [3.05, 3.63) is 64.8 Å². The van der Waals surface area contributed by atoms with Crippen LogP contribution in [0, 0.1) is 0 Å². The molecule has 2 aromatic rings. The molecule has 28 heavy (non-hydrogen) atoms. The van der Waals surface area contributed by atoms with Gasteiger partial charge in [-0.05, 0) is 48.1 Å². The molecular weight excluding hydrogens is 402 g/mol. The molecule has 1 aromatic heterocycles. The smallest absolute Gasteiger partial charge is 0.341 e. The Hall–Kier alpha value is -3.24. The first-order valence-corrected chi connectivity index (χ1v) is 9.10. The lowest BCUT2D eigenvalue weighted by molar-refractivity contribution is -0.139. The molecule has 2 heterocycles. The van der Waals surface area contributed by atoms with Crippen molar-refractivity contribution in [3.63, 3.8) is 0 Å². The van der Waals surface area contributed by atoms with Crippen molar-refractivity contribution in [1.82, 2.24) is 15.4 Å². The number of hydrogen-bond acceptors (Lipinski definition) is 7. The van der Waals surface area contributed by atoms with Crippen molar-refractivity contribution < 1.29 is 24.2 Å². The Morgan fingerprint density at radius 2 is 2.14 bits per heavy atom. The van der Waals surface area contributed by atoms with Gasteiger partial charge >= 0.3 is 5.97 Å². The zero-order chi connectivity index (χ0) is 20.1. The van der Waals surface area contributed by atoms with Crippen LogP contribution in [0.1, 0.15) is 15.9 Å². The summed E-state index contributed by atoms with van der Waals surface area (Å²) in [6.07, 6.45) is 4.50. The molecule has 0 radical (unpaired) electrons. The topological polar surface area (TPSA) is 109 Å². The Labute approximate surface area is 169 Å². The Kier molecular flexibility index (Phi) is 6.02. The van der Waals surface area contributed by atoms with Gasteiger partial charge in [-0.2, -0.15) is 5.01 Å². The number of ether oxygens (including phenoxy) is 1. The lowest BCUT2D eigenvalue weighted by Gasteiger charge is -2.15. The number of carbonyl (C=O) groups is 3. The number of hydrazine groups is 1. The van der Waals surface area contributed by atoms with E-state index in [4.69, 9.17) is 22.1 Å². The molecule has 1 aliphatic heterocycles. The number of aromatic nitrogens is 1. The van der Waals surface area contributed by atoms with E-state index >= 15 is 0 Å². The zero-order valence-electron chi connectivity index (χ0n) is 14.2. The number of carbonyl (C=O) groups excluding carboxylic acids is 2. The first-order chi connectivity index (χ1) is 13.4. The molecule has 2 amide bonds. The van der Waals surface area contributed by atoms with Crippen molar-refractivity contribution in [3.8, 4) is 5.75 Å². The standard InChI is InChI=1S/C18H13N3O5S2/c22-15(23)10-26-13-5-1-3-11(7-13)8-14-17(25)21(18(27)28-14)20-16(24)12-4-2-6-19-9-12/h1-9H,10H2,(H,20,24)(H,22,23)/b14-8+. The van der Waals surface area contributed by atoms with Gasteiger partial charge in [0.25, 0.3) is 11.8 Å². The van der Waals surface area contributed by atoms with Crippen molar-refractivity contribution >= 4 is 52.2 Å². The number of hydrogen-bond donors (Lipinski definition) is 2. The van der Waals surface area contributed by atoms with Crippen LogP contribution in [-0.2, 0) is 9.59 Å². The number of nitrogens with one attached hydrogen (secondary N) is 1. The minimum atomic E-state index is -1.09. The molecule has 0 spiro atoms. The fourth-order valence-corrected chi connectivity index (χ4v) is 3.40. The minimum absolute atomic E-state index is 0.187. The summed E-state index contributed by atoms with van der Waals surface area (Å²) in [4.78, 5) is 39.6. The fraction of sp³-hybridized carbons (Fsp3) is 0.0556. The first kappa shape index (κ1) is 19.5. The summed E-state index contributed by atoms with van der Waals surface area (Å²) in [6, 6.07) is 9.79. The molecule has 2 N–H and O–H groups in total. The predicted octanol–water partition coefficient (Wildman–Crippen LogP) is 2.09. The lowest BCUT2D eigenvalue weighted by atomic mass is 10.2. The number of rotatable bonds is 6. The third-order valence-electron chi connectivity index (χ3n) is 3.45. The maximum absolute atomic E-state index is 12.6. The van der Waals surface area contributed by atoms with Gasteiger partial charge in [0.05, 0.1) is 10.5 Å². The van der Waals surface area contributed by atoms with E-state index in [-0.39, 0.29) is 4.32 Å². The van der Waals surface area contributed by atoms with Gasteiger partial charge in [-0.1, -0.05) is 23.9 Å². The molecular formula is C18H13N3O5S2. The fourth-order valence-electron chi connectivity index (χ4n) is 2.22. The van der Waals surface area contributed by atoms with Gasteiger partial charge in [0, 0.05) is 12.4 Å². The number of benzene rings is 1. The Morgan fingerprint density at radius 3 is 2.86 bits per heavy atom. The highest BCUT2D eigenvalue weighted by atomic mass is 32.2. The summed E-state index contributed by atoms with van der Waals surface area (Å²) in [6.45, 7) is -0.466. The number of nitrogens with zero attached hydrogens (tertiary/aromatic N) is 2. The van der Waals surface area contributed by atoms with Crippen molar-refractivity contribution in [2.45, 2.75) is 0 Å². The van der Waals surface area contributed by atoms with E-state index in [1.54, 1.807) is 42.5 Å². The molecule has 1 fully saturated rings. The molecule has 10 heteroatoms. The van der Waals surface area contributed by atoms with Gasteiger partial charge in [-0.3, -0.25) is 20.0 Å².